The Kier molecular flexibility index (Phi) is 4.97. The van der Waals surface area contributed by atoms with Gasteiger partial charge in [0.2, 0.25) is 0 Å². The van der Waals surface area contributed by atoms with Crippen molar-refractivity contribution in [3.8, 4) is 5.75 Å². The van der Waals surface area contributed by atoms with Gasteiger partial charge in [-0.25, -0.2) is 13.6 Å². The van der Waals surface area contributed by atoms with Gasteiger partial charge in [0.15, 0.2) is 18.2 Å². The Balaban J connectivity index is 1.61. The fraction of sp³-hybridized carbons (Fsp3) is 0.158. The summed E-state index contributed by atoms with van der Waals surface area (Å²) in [7, 11) is 0. The molecule has 1 unspecified atom stereocenters. The van der Waals surface area contributed by atoms with Crippen LogP contribution in [0, 0.1) is 11.6 Å². The number of hydrogen-bond donors (Lipinski definition) is 1. The van der Waals surface area contributed by atoms with Crippen molar-refractivity contribution in [3.05, 3.63) is 76.1 Å². The van der Waals surface area contributed by atoms with Crippen molar-refractivity contribution in [2.45, 2.75) is 13.0 Å². The number of hydrogen-bond acceptors (Lipinski definition) is 4. The maximum absolute atomic E-state index is 13.3. The van der Waals surface area contributed by atoms with Crippen LogP contribution in [0.25, 0.3) is 11.0 Å². The summed E-state index contributed by atoms with van der Waals surface area (Å²) in [6.45, 7) is 1.37. The van der Waals surface area contributed by atoms with Crippen LogP contribution in [0.1, 0.15) is 18.5 Å². The van der Waals surface area contributed by atoms with Gasteiger partial charge in [-0.15, -0.1) is 0 Å². The van der Waals surface area contributed by atoms with Crippen LogP contribution in [0.5, 0.6) is 5.75 Å². The molecule has 26 heavy (non-hydrogen) atoms. The molecule has 1 atom stereocenters. The van der Waals surface area contributed by atoms with E-state index in [1.165, 1.54) is 18.2 Å². The minimum atomic E-state index is -0.975. The zero-order chi connectivity index (χ0) is 18.7. The summed E-state index contributed by atoms with van der Waals surface area (Å²) in [4.78, 5) is 23.2. The molecule has 1 N–H and O–H groups in total. The monoisotopic (exact) mass is 359 g/mol. The maximum atomic E-state index is 13.3. The Bertz CT molecular complexity index is 1020. The molecule has 1 aromatic heterocycles. The lowest BCUT2D eigenvalue weighted by molar-refractivity contribution is -0.123. The van der Waals surface area contributed by atoms with Gasteiger partial charge in [-0.05, 0) is 42.8 Å². The fourth-order valence-electron chi connectivity index (χ4n) is 2.43. The van der Waals surface area contributed by atoms with Gasteiger partial charge in [-0.3, -0.25) is 4.79 Å². The minimum Gasteiger partial charge on any atom is -0.484 e. The van der Waals surface area contributed by atoms with Crippen molar-refractivity contribution in [2.75, 3.05) is 6.61 Å². The Morgan fingerprint density at radius 2 is 1.88 bits per heavy atom. The van der Waals surface area contributed by atoms with Gasteiger partial charge in [0.05, 0.1) is 6.04 Å². The maximum Gasteiger partial charge on any atom is 0.336 e. The van der Waals surface area contributed by atoms with E-state index in [0.29, 0.717) is 16.9 Å². The minimum absolute atomic E-state index is 0.281. The summed E-state index contributed by atoms with van der Waals surface area (Å²) < 4.78 is 36.7. The van der Waals surface area contributed by atoms with Gasteiger partial charge in [0.25, 0.3) is 5.91 Å². The smallest absolute Gasteiger partial charge is 0.336 e. The van der Waals surface area contributed by atoms with Crippen molar-refractivity contribution >= 4 is 16.9 Å². The number of rotatable bonds is 5. The topological polar surface area (TPSA) is 68.5 Å². The molecule has 5 nitrogen and oxygen atoms in total. The van der Waals surface area contributed by atoms with Crippen molar-refractivity contribution < 1.29 is 22.7 Å². The zero-order valence-electron chi connectivity index (χ0n) is 13.8. The lowest BCUT2D eigenvalue weighted by Crippen LogP contribution is -2.31. The average molecular weight is 359 g/mol. The fourth-order valence-corrected chi connectivity index (χ4v) is 2.43. The van der Waals surface area contributed by atoms with E-state index < -0.39 is 29.2 Å². The Morgan fingerprint density at radius 1 is 1.12 bits per heavy atom. The van der Waals surface area contributed by atoms with E-state index in [2.05, 4.69) is 5.32 Å². The number of carbonyl (C=O) groups excluding carboxylic acids is 1. The van der Waals surface area contributed by atoms with Crippen LogP contribution in [0.15, 0.2) is 57.7 Å². The summed E-state index contributed by atoms with van der Waals surface area (Å²) in [5, 5.41) is 3.36. The molecule has 1 amide bonds. The largest absolute Gasteiger partial charge is 0.484 e. The lowest BCUT2D eigenvalue weighted by atomic mass is 10.1. The van der Waals surface area contributed by atoms with E-state index >= 15 is 0 Å². The normalized spacial score (nSPS) is 12.0. The molecule has 0 fully saturated rings. The zero-order valence-corrected chi connectivity index (χ0v) is 13.8. The molecule has 0 aliphatic rings. The van der Waals surface area contributed by atoms with Crippen molar-refractivity contribution in [1.82, 2.24) is 5.32 Å². The lowest BCUT2D eigenvalue weighted by Gasteiger charge is -2.15. The molecule has 0 spiro atoms. The van der Waals surface area contributed by atoms with E-state index in [0.717, 1.165) is 17.5 Å². The van der Waals surface area contributed by atoms with Crippen molar-refractivity contribution in [3.63, 3.8) is 0 Å². The molecule has 2 aromatic carbocycles. The first-order valence-electron chi connectivity index (χ1n) is 7.83. The van der Waals surface area contributed by atoms with Crippen LogP contribution in [-0.4, -0.2) is 12.5 Å². The van der Waals surface area contributed by atoms with Crippen LogP contribution < -0.4 is 15.7 Å². The van der Waals surface area contributed by atoms with Crippen LogP contribution in [-0.2, 0) is 4.79 Å². The average Bonchev–Trinajstić information content (AvgIpc) is 2.61. The second-order valence-corrected chi connectivity index (χ2v) is 5.71. The van der Waals surface area contributed by atoms with Crippen molar-refractivity contribution in [1.29, 1.82) is 0 Å². The molecule has 0 aliphatic carbocycles. The Morgan fingerprint density at radius 3 is 2.65 bits per heavy atom. The number of ether oxygens (including phenoxy) is 1. The standard InChI is InChI=1S/C19H15F2NO4/c1-11(13-3-6-15(20)16(21)8-13)22-18(23)10-25-14-5-2-12-4-7-19(24)26-17(12)9-14/h2-9,11H,10H2,1H3,(H,22,23). The molecule has 0 saturated carbocycles. The van der Waals surface area contributed by atoms with Crippen LogP contribution in [0.4, 0.5) is 8.78 Å². The molecule has 3 aromatic rings. The molecular weight excluding hydrogens is 344 g/mol. The molecule has 3 rings (SSSR count). The summed E-state index contributed by atoms with van der Waals surface area (Å²) in [5.41, 5.74) is 0.308. The summed E-state index contributed by atoms with van der Waals surface area (Å²) in [6, 6.07) is 10.7. The molecule has 0 radical (unpaired) electrons. The molecule has 0 aliphatic heterocycles. The predicted molar refractivity (Wildman–Crippen MR) is 90.9 cm³/mol. The summed E-state index contributed by atoms with van der Waals surface area (Å²) in [6.07, 6.45) is 0. The van der Waals surface area contributed by atoms with E-state index in [4.69, 9.17) is 9.15 Å². The highest BCUT2D eigenvalue weighted by Crippen LogP contribution is 2.20. The van der Waals surface area contributed by atoms with Gasteiger partial charge in [0.1, 0.15) is 11.3 Å². The Hall–Kier alpha value is -3.22. The van der Waals surface area contributed by atoms with E-state index in [1.54, 1.807) is 25.1 Å². The summed E-state index contributed by atoms with van der Waals surface area (Å²) in [5.74, 6) is -1.99. The summed E-state index contributed by atoms with van der Waals surface area (Å²) >= 11 is 0. The Labute approximate surface area is 147 Å². The van der Waals surface area contributed by atoms with E-state index in [-0.39, 0.29) is 6.61 Å². The van der Waals surface area contributed by atoms with Gasteiger partial charge in [-0.2, -0.15) is 0 Å². The van der Waals surface area contributed by atoms with Gasteiger partial charge >= 0.3 is 5.63 Å². The third-order valence-electron chi connectivity index (χ3n) is 3.79. The van der Waals surface area contributed by atoms with Gasteiger partial charge in [0, 0.05) is 17.5 Å². The molecule has 0 bridgehead atoms. The third kappa shape index (κ3) is 4.05. The predicted octanol–water partition coefficient (Wildman–Crippen LogP) is 3.33. The van der Waals surface area contributed by atoms with E-state index in [1.807, 2.05) is 0 Å². The SMILES string of the molecule is CC(NC(=O)COc1ccc2ccc(=O)oc2c1)c1ccc(F)c(F)c1. The first-order chi connectivity index (χ1) is 12.4. The van der Waals surface area contributed by atoms with E-state index in [9.17, 15) is 18.4 Å². The second kappa shape index (κ2) is 7.35. The third-order valence-corrected chi connectivity index (χ3v) is 3.79. The highest BCUT2D eigenvalue weighted by Gasteiger charge is 2.13. The molecule has 134 valence electrons. The molecule has 1 heterocycles. The van der Waals surface area contributed by atoms with Crippen molar-refractivity contribution in [2.24, 2.45) is 0 Å². The van der Waals surface area contributed by atoms with Crippen LogP contribution in [0.3, 0.4) is 0 Å². The molecule has 7 heteroatoms. The van der Waals surface area contributed by atoms with Crippen LogP contribution >= 0.6 is 0 Å². The number of fused-ring (bicyclic) bond motifs is 1. The van der Waals surface area contributed by atoms with Gasteiger partial charge in [-0.1, -0.05) is 6.07 Å². The second-order valence-electron chi connectivity index (χ2n) is 5.71. The number of halogens is 2. The number of nitrogens with one attached hydrogen (secondary N) is 1. The highest BCUT2D eigenvalue weighted by atomic mass is 19.2. The first-order valence-corrected chi connectivity index (χ1v) is 7.83. The quantitative estimate of drug-likeness (QED) is 0.710. The highest BCUT2D eigenvalue weighted by molar-refractivity contribution is 5.79. The van der Waals surface area contributed by atoms with Crippen LogP contribution in [0.2, 0.25) is 0 Å². The molecular formula is C19H15F2NO4. The number of amides is 1. The number of carbonyl (C=O) groups is 1. The molecule has 0 saturated heterocycles. The van der Waals surface area contributed by atoms with Gasteiger partial charge < -0.3 is 14.5 Å². The number of benzene rings is 2. The first kappa shape index (κ1) is 17.6.